The third kappa shape index (κ3) is 6.35. The van der Waals surface area contributed by atoms with Gasteiger partial charge >= 0.3 is 0 Å². The van der Waals surface area contributed by atoms with Crippen molar-refractivity contribution in [2.24, 2.45) is 5.73 Å². The number of rotatable bonds is 8. The molecule has 0 amide bonds. The molecule has 0 saturated carbocycles. The first-order valence-corrected chi connectivity index (χ1v) is 5.70. The van der Waals surface area contributed by atoms with Crippen LogP contribution in [0, 0.1) is 0 Å². The highest BCUT2D eigenvalue weighted by atomic mass is 15.2. The lowest BCUT2D eigenvalue weighted by Gasteiger charge is -2.29. The van der Waals surface area contributed by atoms with Gasteiger partial charge in [-0.1, -0.05) is 6.92 Å². The van der Waals surface area contributed by atoms with Gasteiger partial charge in [0.25, 0.3) is 0 Å². The molecule has 0 rings (SSSR count). The molecular weight excluding hydrogens is 174 g/mol. The maximum atomic E-state index is 5.49. The van der Waals surface area contributed by atoms with Crippen LogP contribution in [0.25, 0.3) is 0 Å². The molecule has 0 bridgehead atoms. The molecule has 0 fully saturated rings. The molecule has 0 aromatic rings. The molecule has 0 aromatic carbocycles. The summed E-state index contributed by atoms with van der Waals surface area (Å²) in [6.07, 6.45) is 2.37. The Labute approximate surface area is 89.2 Å². The maximum Gasteiger partial charge on any atom is 0.0194 e. The Bertz CT molecular complexity index is 126. The lowest BCUT2D eigenvalue weighted by molar-refractivity contribution is 0.179. The maximum absolute atomic E-state index is 5.49. The first kappa shape index (κ1) is 13.9. The third-order valence-electron chi connectivity index (χ3n) is 2.56. The fraction of sp³-hybridized carbons (Fsp3) is 1.00. The largest absolute Gasteiger partial charge is 0.330 e. The van der Waals surface area contributed by atoms with Gasteiger partial charge in [-0.25, -0.2) is 0 Å². The monoisotopic (exact) mass is 201 g/mol. The highest BCUT2D eigenvalue weighted by molar-refractivity contribution is 4.68. The molecule has 2 N–H and O–H groups in total. The first-order valence-electron chi connectivity index (χ1n) is 5.70. The van der Waals surface area contributed by atoms with Gasteiger partial charge in [-0.15, -0.1) is 0 Å². The normalized spacial score (nSPS) is 13.9. The standard InChI is InChI=1S/C11H27N3/c1-5-14(9-7-6-8-12)11(2)10-13(3)4/h11H,5-10,12H2,1-4H3. The van der Waals surface area contributed by atoms with E-state index in [0.29, 0.717) is 6.04 Å². The van der Waals surface area contributed by atoms with Gasteiger partial charge in [-0.2, -0.15) is 0 Å². The summed E-state index contributed by atoms with van der Waals surface area (Å²) in [6, 6.07) is 0.646. The number of unbranched alkanes of at least 4 members (excludes halogenated alkanes) is 1. The summed E-state index contributed by atoms with van der Waals surface area (Å²) in [5, 5.41) is 0. The molecule has 14 heavy (non-hydrogen) atoms. The lowest BCUT2D eigenvalue weighted by Crippen LogP contribution is -2.40. The minimum absolute atomic E-state index is 0.646. The topological polar surface area (TPSA) is 32.5 Å². The van der Waals surface area contributed by atoms with Gasteiger partial charge in [0, 0.05) is 12.6 Å². The van der Waals surface area contributed by atoms with Crippen LogP contribution in [0.3, 0.4) is 0 Å². The Balaban J connectivity index is 3.74. The van der Waals surface area contributed by atoms with Crippen LogP contribution in [-0.4, -0.2) is 56.1 Å². The van der Waals surface area contributed by atoms with Crippen LogP contribution in [0.4, 0.5) is 0 Å². The highest BCUT2D eigenvalue weighted by Gasteiger charge is 2.11. The quantitative estimate of drug-likeness (QED) is 0.595. The summed E-state index contributed by atoms with van der Waals surface area (Å²) in [6.45, 7) is 8.80. The van der Waals surface area contributed by atoms with Crippen LogP contribution in [0.2, 0.25) is 0 Å². The van der Waals surface area contributed by atoms with Crippen molar-refractivity contribution in [3.05, 3.63) is 0 Å². The van der Waals surface area contributed by atoms with Crippen molar-refractivity contribution in [1.29, 1.82) is 0 Å². The van der Waals surface area contributed by atoms with Crippen LogP contribution >= 0.6 is 0 Å². The molecular formula is C11H27N3. The second-order valence-corrected chi connectivity index (χ2v) is 4.24. The predicted octanol–water partition coefficient (Wildman–Crippen LogP) is 0.997. The summed E-state index contributed by atoms with van der Waals surface area (Å²) in [4.78, 5) is 4.77. The molecule has 1 atom stereocenters. The van der Waals surface area contributed by atoms with E-state index in [1.54, 1.807) is 0 Å². The number of nitrogens with two attached hydrogens (primary N) is 1. The Morgan fingerprint density at radius 3 is 2.29 bits per heavy atom. The molecule has 86 valence electrons. The van der Waals surface area contributed by atoms with E-state index in [4.69, 9.17) is 5.73 Å². The average Bonchev–Trinajstić information content (AvgIpc) is 2.11. The minimum Gasteiger partial charge on any atom is -0.330 e. The van der Waals surface area contributed by atoms with E-state index in [9.17, 15) is 0 Å². The molecule has 1 unspecified atom stereocenters. The minimum atomic E-state index is 0.646. The van der Waals surface area contributed by atoms with Gasteiger partial charge < -0.3 is 10.6 Å². The summed E-state index contributed by atoms with van der Waals surface area (Å²) in [5.74, 6) is 0. The molecule has 0 aliphatic rings. The second-order valence-electron chi connectivity index (χ2n) is 4.24. The number of nitrogens with zero attached hydrogens (tertiary/aromatic N) is 2. The van der Waals surface area contributed by atoms with E-state index in [1.165, 1.54) is 13.0 Å². The fourth-order valence-electron chi connectivity index (χ4n) is 1.79. The van der Waals surface area contributed by atoms with E-state index in [1.807, 2.05) is 0 Å². The molecule has 0 saturated heterocycles. The van der Waals surface area contributed by atoms with Crippen LogP contribution in [0.1, 0.15) is 26.7 Å². The van der Waals surface area contributed by atoms with Crippen molar-refractivity contribution >= 4 is 0 Å². The van der Waals surface area contributed by atoms with Crippen molar-refractivity contribution < 1.29 is 0 Å². The Morgan fingerprint density at radius 2 is 1.86 bits per heavy atom. The zero-order valence-electron chi connectivity index (χ0n) is 10.3. The number of likely N-dealkylation sites (N-methyl/N-ethyl adjacent to an activating group) is 2. The Kier molecular flexibility index (Phi) is 8.14. The van der Waals surface area contributed by atoms with E-state index in [2.05, 4.69) is 37.7 Å². The SMILES string of the molecule is CCN(CCCCN)C(C)CN(C)C. The van der Waals surface area contributed by atoms with Crippen molar-refractivity contribution in [3.8, 4) is 0 Å². The summed E-state index contributed by atoms with van der Waals surface area (Å²) < 4.78 is 0. The van der Waals surface area contributed by atoms with E-state index in [-0.39, 0.29) is 0 Å². The highest BCUT2D eigenvalue weighted by Crippen LogP contribution is 2.02. The molecule has 0 aliphatic heterocycles. The van der Waals surface area contributed by atoms with Crippen LogP contribution in [-0.2, 0) is 0 Å². The van der Waals surface area contributed by atoms with Gasteiger partial charge in [0.2, 0.25) is 0 Å². The van der Waals surface area contributed by atoms with Gasteiger partial charge in [0.1, 0.15) is 0 Å². The molecule has 0 aliphatic carbocycles. The zero-order valence-corrected chi connectivity index (χ0v) is 10.3. The van der Waals surface area contributed by atoms with Crippen molar-refractivity contribution in [3.63, 3.8) is 0 Å². The first-order chi connectivity index (χ1) is 6.61. The van der Waals surface area contributed by atoms with Crippen LogP contribution < -0.4 is 5.73 Å². The number of hydrogen-bond acceptors (Lipinski definition) is 3. The van der Waals surface area contributed by atoms with Crippen molar-refractivity contribution in [1.82, 2.24) is 9.80 Å². The van der Waals surface area contributed by atoms with E-state index >= 15 is 0 Å². The van der Waals surface area contributed by atoms with Gasteiger partial charge in [-0.05, 0) is 53.5 Å². The van der Waals surface area contributed by atoms with Crippen LogP contribution in [0.5, 0.6) is 0 Å². The lowest BCUT2D eigenvalue weighted by atomic mass is 10.2. The second kappa shape index (κ2) is 8.21. The Morgan fingerprint density at radius 1 is 1.21 bits per heavy atom. The molecule has 0 heterocycles. The van der Waals surface area contributed by atoms with Crippen LogP contribution in [0.15, 0.2) is 0 Å². The zero-order chi connectivity index (χ0) is 11.0. The Hall–Kier alpha value is -0.120. The summed E-state index contributed by atoms with van der Waals surface area (Å²) in [7, 11) is 4.26. The van der Waals surface area contributed by atoms with Crippen molar-refractivity contribution in [2.45, 2.75) is 32.7 Å². The smallest absolute Gasteiger partial charge is 0.0194 e. The van der Waals surface area contributed by atoms with E-state index in [0.717, 1.165) is 26.1 Å². The van der Waals surface area contributed by atoms with Gasteiger partial charge in [-0.3, -0.25) is 4.90 Å². The molecule has 3 nitrogen and oxygen atoms in total. The molecule has 0 radical (unpaired) electrons. The average molecular weight is 201 g/mol. The number of hydrogen-bond donors (Lipinski definition) is 1. The van der Waals surface area contributed by atoms with E-state index < -0.39 is 0 Å². The predicted molar refractivity (Wildman–Crippen MR) is 63.6 cm³/mol. The molecule has 0 aromatic heterocycles. The van der Waals surface area contributed by atoms with Gasteiger partial charge in [0.15, 0.2) is 0 Å². The summed E-state index contributed by atoms with van der Waals surface area (Å²) in [5.41, 5.74) is 5.49. The van der Waals surface area contributed by atoms with Crippen molar-refractivity contribution in [2.75, 3.05) is 40.3 Å². The third-order valence-corrected chi connectivity index (χ3v) is 2.56. The summed E-state index contributed by atoms with van der Waals surface area (Å²) >= 11 is 0. The fourth-order valence-corrected chi connectivity index (χ4v) is 1.79. The van der Waals surface area contributed by atoms with Gasteiger partial charge in [0.05, 0.1) is 0 Å². The molecule has 0 spiro atoms. The molecule has 3 heteroatoms.